The number of aromatic nitrogens is 2. The molecule has 0 aliphatic carbocycles. The highest BCUT2D eigenvalue weighted by atomic mass is 19.4. The SMILES string of the molecule is CC(NC(=O)Nc1ccc(F)cc1F)c1nc(-c2cccc(C(F)(F)F)c2)no1. The van der Waals surface area contributed by atoms with Gasteiger partial charge < -0.3 is 15.2 Å². The molecule has 152 valence electrons. The number of nitrogens with zero attached hydrogens (tertiary/aromatic N) is 2. The van der Waals surface area contributed by atoms with Gasteiger partial charge in [-0.1, -0.05) is 17.3 Å². The number of halogens is 5. The fourth-order valence-corrected chi connectivity index (χ4v) is 2.37. The molecule has 2 aromatic carbocycles. The number of urea groups is 1. The quantitative estimate of drug-likeness (QED) is 0.597. The summed E-state index contributed by atoms with van der Waals surface area (Å²) in [5.41, 5.74) is -1.03. The minimum Gasteiger partial charge on any atom is -0.337 e. The van der Waals surface area contributed by atoms with Gasteiger partial charge in [0.2, 0.25) is 11.7 Å². The Morgan fingerprint density at radius 3 is 2.59 bits per heavy atom. The molecule has 1 heterocycles. The lowest BCUT2D eigenvalue weighted by atomic mass is 10.1. The minimum absolute atomic E-state index is 0.0767. The molecule has 0 fully saturated rings. The number of benzene rings is 2. The Morgan fingerprint density at radius 1 is 1.14 bits per heavy atom. The molecule has 3 aromatic rings. The number of hydrogen-bond donors (Lipinski definition) is 2. The molecule has 0 saturated heterocycles. The number of carbonyl (C=O) groups is 1. The van der Waals surface area contributed by atoms with E-state index in [-0.39, 0.29) is 23.0 Å². The molecule has 0 aliphatic rings. The van der Waals surface area contributed by atoms with Crippen LogP contribution in [0.4, 0.5) is 32.4 Å². The van der Waals surface area contributed by atoms with Crippen LogP contribution < -0.4 is 10.6 Å². The number of carbonyl (C=O) groups excluding carboxylic acids is 1. The highest BCUT2D eigenvalue weighted by Crippen LogP contribution is 2.31. The molecule has 1 unspecified atom stereocenters. The Bertz CT molecular complexity index is 1040. The van der Waals surface area contributed by atoms with Gasteiger partial charge in [0.05, 0.1) is 11.3 Å². The lowest BCUT2D eigenvalue weighted by Gasteiger charge is -2.11. The van der Waals surface area contributed by atoms with Crippen molar-refractivity contribution in [1.82, 2.24) is 15.5 Å². The summed E-state index contributed by atoms with van der Waals surface area (Å²) in [4.78, 5) is 15.9. The van der Waals surface area contributed by atoms with Crippen LogP contribution in [0.25, 0.3) is 11.4 Å². The molecule has 1 aromatic heterocycles. The molecule has 3 rings (SSSR count). The summed E-state index contributed by atoms with van der Waals surface area (Å²) in [5, 5.41) is 8.21. The van der Waals surface area contributed by atoms with E-state index in [1.54, 1.807) is 0 Å². The summed E-state index contributed by atoms with van der Waals surface area (Å²) >= 11 is 0. The van der Waals surface area contributed by atoms with Crippen LogP contribution in [0.3, 0.4) is 0 Å². The summed E-state index contributed by atoms with van der Waals surface area (Å²) in [6.07, 6.45) is -4.52. The molecule has 0 bridgehead atoms. The van der Waals surface area contributed by atoms with Crippen molar-refractivity contribution < 1.29 is 31.3 Å². The molecule has 0 radical (unpaired) electrons. The first-order valence-electron chi connectivity index (χ1n) is 8.17. The number of rotatable bonds is 4. The summed E-state index contributed by atoms with van der Waals surface area (Å²) in [5.74, 6) is -1.93. The van der Waals surface area contributed by atoms with Crippen LogP contribution in [-0.2, 0) is 6.18 Å². The van der Waals surface area contributed by atoms with E-state index in [1.807, 2.05) is 0 Å². The minimum atomic E-state index is -4.52. The van der Waals surface area contributed by atoms with Crippen molar-refractivity contribution in [3.8, 4) is 11.4 Å². The first kappa shape index (κ1) is 20.2. The molecule has 0 aliphatic heterocycles. The number of alkyl halides is 3. The van der Waals surface area contributed by atoms with Gasteiger partial charge in [-0.05, 0) is 31.2 Å². The monoisotopic (exact) mass is 412 g/mol. The molecule has 0 spiro atoms. The van der Waals surface area contributed by atoms with Crippen LogP contribution >= 0.6 is 0 Å². The zero-order chi connectivity index (χ0) is 21.2. The van der Waals surface area contributed by atoms with E-state index in [4.69, 9.17) is 4.52 Å². The van der Waals surface area contributed by atoms with E-state index in [9.17, 15) is 26.7 Å². The third kappa shape index (κ3) is 4.86. The van der Waals surface area contributed by atoms with E-state index in [2.05, 4.69) is 20.8 Å². The van der Waals surface area contributed by atoms with Crippen LogP contribution in [0.15, 0.2) is 47.0 Å². The second-order valence-corrected chi connectivity index (χ2v) is 5.98. The Labute approximate surface area is 160 Å². The van der Waals surface area contributed by atoms with Crippen LogP contribution in [0.5, 0.6) is 0 Å². The van der Waals surface area contributed by atoms with Gasteiger partial charge in [0.1, 0.15) is 17.7 Å². The van der Waals surface area contributed by atoms with Crippen LogP contribution in [0, 0.1) is 11.6 Å². The highest BCUT2D eigenvalue weighted by Gasteiger charge is 2.31. The molecule has 1 atom stereocenters. The van der Waals surface area contributed by atoms with E-state index in [0.717, 1.165) is 24.3 Å². The predicted molar refractivity (Wildman–Crippen MR) is 91.7 cm³/mol. The number of hydrogen-bond acceptors (Lipinski definition) is 4. The number of nitrogens with one attached hydrogen (secondary N) is 2. The van der Waals surface area contributed by atoms with Crippen molar-refractivity contribution in [2.75, 3.05) is 5.32 Å². The molecule has 0 saturated carbocycles. The second-order valence-electron chi connectivity index (χ2n) is 5.98. The molecule has 11 heteroatoms. The molecule has 2 amide bonds. The van der Waals surface area contributed by atoms with Gasteiger partial charge in [-0.3, -0.25) is 0 Å². The predicted octanol–water partition coefficient (Wildman–Crippen LogP) is 4.92. The summed E-state index contributed by atoms with van der Waals surface area (Å²) < 4.78 is 69.9. The molecule has 6 nitrogen and oxygen atoms in total. The van der Waals surface area contributed by atoms with E-state index >= 15 is 0 Å². The first-order valence-corrected chi connectivity index (χ1v) is 8.17. The lowest BCUT2D eigenvalue weighted by molar-refractivity contribution is -0.137. The number of anilines is 1. The third-order valence-electron chi connectivity index (χ3n) is 3.79. The summed E-state index contributed by atoms with van der Waals surface area (Å²) in [6, 6.07) is 5.33. The lowest BCUT2D eigenvalue weighted by Crippen LogP contribution is -2.31. The zero-order valence-corrected chi connectivity index (χ0v) is 14.7. The summed E-state index contributed by atoms with van der Waals surface area (Å²) in [7, 11) is 0. The molecular formula is C18H13F5N4O2. The molecular weight excluding hydrogens is 399 g/mol. The Kier molecular flexibility index (Phi) is 5.48. The third-order valence-corrected chi connectivity index (χ3v) is 3.79. The van der Waals surface area contributed by atoms with E-state index < -0.39 is 35.4 Å². The fourth-order valence-electron chi connectivity index (χ4n) is 2.37. The zero-order valence-electron chi connectivity index (χ0n) is 14.7. The maximum atomic E-state index is 13.6. The van der Waals surface area contributed by atoms with Crippen molar-refractivity contribution in [3.05, 3.63) is 65.6 Å². The second kappa shape index (κ2) is 7.86. The van der Waals surface area contributed by atoms with Gasteiger partial charge in [0, 0.05) is 11.6 Å². The fraction of sp³-hybridized carbons (Fsp3) is 0.167. The van der Waals surface area contributed by atoms with Crippen molar-refractivity contribution in [1.29, 1.82) is 0 Å². The van der Waals surface area contributed by atoms with Gasteiger partial charge in [0.15, 0.2) is 0 Å². The maximum absolute atomic E-state index is 13.6. The molecule has 2 N–H and O–H groups in total. The van der Waals surface area contributed by atoms with Gasteiger partial charge in [-0.25, -0.2) is 13.6 Å². The average Bonchev–Trinajstić information content (AvgIpc) is 3.14. The Morgan fingerprint density at radius 2 is 1.90 bits per heavy atom. The smallest absolute Gasteiger partial charge is 0.337 e. The summed E-state index contributed by atoms with van der Waals surface area (Å²) in [6.45, 7) is 1.48. The van der Waals surface area contributed by atoms with E-state index in [1.165, 1.54) is 19.1 Å². The van der Waals surface area contributed by atoms with Gasteiger partial charge in [-0.15, -0.1) is 0 Å². The maximum Gasteiger partial charge on any atom is 0.416 e. The van der Waals surface area contributed by atoms with Crippen LogP contribution in [0.2, 0.25) is 0 Å². The molecule has 29 heavy (non-hydrogen) atoms. The van der Waals surface area contributed by atoms with Crippen LogP contribution in [0.1, 0.15) is 24.4 Å². The van der Waals surface area contributed by atoms with Crippen molar-refractivity contribution in [2.24, 2.45) is 0 Å². The van der Waals surface area contributed by atoms with Crippen molar-refractivity contribution >= 4 is 11.7 Å². The largest absolute Gasteiger partial charge is 0.416 e. The van der Waals surface area contributed by atoms with Gasteiger partial charge >= 0.3 is 12.2 Å². The average molecular weight is 412 g/mol. The first-order chi connectivity index (χ1) is 13.6. The van der Waals surface area contributed by atoms with Gasteiger partial charge in [-0.2, -0.15) is 18.2 Å². The topological polar surface area (TPSA) is 80.0 Å². The Hall–Kier alpha value is -3.50. The van der Waals surface area contributed by atoms with E-state index in [0.29, 0.717) is 6.07 Å². The van der Waals surface area contributed by atoms with Crippen LogP contribution in [-0.4, -0.2) is 16.2 Å². The van der Waals surface area contributed by atoms with Crippen molar-refractivity contribution in [3.63, 3.8) is 0 Å². The standard InChI is InChI=1S/C18H13F5N4O2/c1-9(24-17(28)25-14-6-5-12(19)8-13(14)20)16-26-15(27-29-16)10-3-2-4-11(7-10)18(21,22)23/h2-9H,1H3,(H2,24,25,28). The normalized spacial score (nSPS) is 12.5. The van der Waals surface area contributed by atoms with Crippen molar-refractivity contribution in [2.45, 2.75) is 19.1 Å². The highest BCUT2D eigenvalue weighted by molar-refractivity contribution is 5.89. The number of amides is 2. The Balaban J connectivity index is 1.69. The van der Waals surface area contributed by atoms with Gasteiger partial charge in [0.25, 0.3) is 0 Å².